The van der Waals surface area contributed by atoms with Crippen LogP contribution < -0.4 is 10.6 Å². The molecule has 0 saturated carbocycles. The Bertz CT molecular complexity index is 320. The van der Waals surface area contributed by atoms with Gasteiger partial charge in [0.05, 0.1) is 0 Å². The molecule has 2 N–H and O–H groups in total. The zero-order valence-corrected chi connectivity index (χ0v) is 8.93. The molecule has 0 aromatic heterocycles. The zero-order chi connectivity index (χ0) is 9.97. The Hall–Kier alpha value is -1.02. The van der Waals surface area contributed by atoms with Crippen molar-refractivity contribution in [3.05, 3.63) is 29.3 Å². The Kier molecular flexibility index (Phi) is 2.73. The fraction of sp³-hybridized carbons (Fsp3) is 0.500. The van der Waals surface area contributed by atoms with Crippen LogP contribution in [0.1, 0.15) is 24.0 Å². The van der Waals surface area contributed by atoms with Crippen molar-refractivity contribution in [3.8, 4) is 0 Å². The largest absolute Gasteiger partial charge is 0.384 e. The van der Waals surface area contributed by atoms with Gasteiger partial charge in [-0.2, -0.15) is 0 Å². The maximum Gasteiger partial charge on any atom is 0.0379 e. The highest BCUT2D eigenvalue weighted by atomic mass is 14.9. The Morgan fingerprint density at radius 2 is 2.36 bits per heavy atom. The minimum atomic E-state index is 0.670. The fourth-order valence-electron chi connectivity index (χ4n) is 1.98. The molecule has 1 aliphatic heterocycles. The number of fused-ring (bicyclic) bond motifs is 1. The molecule has 2 nitrogen and oxygen atoms in total. The number of nitrogens with one attached hydrogen (secondary N) is 2. The van der Waals surface area contributed by atoms with E-state index in [0.717, 1.165) is 19.5 Å². The molecule has 1 aromatic carbocycles. The zero-order valence-electron chi connectivity index (χ0n) is 8.93. The number of anilines is 1. The average Bonchev–Trinajstić information content (AvgIpc) is 2.57. The normalized spacial score (nSPS) is 19.1. The summed E-state index contributed by atoms with van der Waals surface area (Å²) < 4.78 is 0. The monoisotopic (exact) mass is 190 g/mol. The molecule has 1 atom stereocenters. The quantitative estimate of drug-likeness (QED) is 0.761. The van der Waals surface area contributed by atoms with Crippen LogP contribution in [0.5, 0.6) is 0 Å². The van der Waals surface area contributed by atoms with Crippen LogP contribution in [0.2, 0.25) is 0 Å². The number of likely N-dealkylation sites (N-methyl/N-ethyl adjacent to an activating group) is 1. The number of benzene rings is 1. The maximum atomic E-state index is 3.45. The maximum absolute atomic E-state index is 3.45. The molecule has 2 heteroatoms. The van der Waals surface area contributed by atoms with Gasteiger partial charge in [0.15, 0.2) is 0 Å². The van der Waals surface area contributed by atoms with Gasteiger partial charge in [-0.3, -0.25) is 0 Å². The van der Waals surface area contributed by atoms with Crippen molar-refractivity contribution >= 4 is 5.69 Å². The van der Waals surface area contributed by atoms with Crippen molar-refractivity contribution in [2.24, 2.45) is 0 Å². The number of rotatable bonds is 3. The van der Waals surface area contributed by atoms with Gasteiger partial charge in [0.25, 0.3) is 0 Å². The summed E-state index contributed by atoms with van der Waals surface area (Å²) in [6.07, 6.45) is 1.11. The van der Waals surface area contributed by atoms with Gasteiger partial charge >= 0.3 is 0 Å². The average molecular weight is 190 g/mol. The summed E-state index contributed by atoms with van der Waals surface area (Å²) in [4.78, 5) is 0. The van der Waals surface area contributed by atoms with Gasteiger partial charge in [-0.25, -0.2) is 0 Å². The predicted octanol–water partition coefficient (Wildman–Crippen LogP) is 1.98. The highest BCUT2D eigenvalue weighted by Gasteiger charge is 2.17. The standard InChI is InChI=1S/C12H18N2/c1-9-8-14-12-7-10(5-6-13-2)3-4-11(9)12/h3-4,7,9,13-14H,5-6,8H2,1-2H3. The molecule has 76 valence electrons. The molecule has 0 aliphatic carbocycles. The van der Waals surface area contributed by atoms with Gasteiger partial charge < -0.3 is 10.6 Å². The first-order valence-electron chi connectivity index (χ1n) is 5.32. The van der Waals surface area contributed by atoms with E-state index in [1.807, 2.05) is 7.05 Å². The van der Waals surface area contributed by atoms with E-state index in [0.29, 0.717) is 5.92 Å². The Morgan fingerprint density at radius 1 is 1.50 bits per heavy atom. The molecule has 1 aliphatic rings. The molecule has 0 bridgehead atoms. The van der Waals surface area contributed by atoms with Crippen LogP contribution in [0.15, 0.2) is 18.2 Å². The van der Waals surface area contributed by atoms with E-state index in [9.17, 15) is 0 Å². The third kappa shape index (κ3) is 1.75. The lowest BCUT2D eigenvalue weighted by Gasteiger charge is -2.05. The van der Waals surface area contributed by atoms with E-state index < -0.39 is 0 Å². The SMILES string of the molecule is CNCCc1ccc2c(c1)NCC2C. The van der Waals surface area contributed by atoms with Crippen LogP contribution in [0.25, 0.3) is 0 Å². The fourth-order valence-corrected chi connectivity index (χ4v) is 1.98. The first-order valence-corrected chi connectivity index (χ1v) is 5.32. The number of hydrogen-bond donors (Lipinski definition) is 2. The molecule has 1 heterocycles. The Balaban J connectivity index is 2.15. The van der Waals surface area contributed by atoms with Crippen LogP contribution in [0.4, 0.5) is 5.69 Å². The second kappa shape index (κ2) is 4.01. The van der Waals surface area contributed by atoms with E-state index in [1.165, 1.54) is 16.8 Å². The topological polar surface area (TPSA) is 24.1 Å². The summed E-state index contributed by atoms with van der Waals surface area (Å²) in [5.41, 5.74) is 4.23. The van der Waals surface area contributed by atoms with Crippen molar-refractivity contribution in [3.63, 3.8) is 0 Å². The van der Waals surface area contributed by atoms with Crippen LogP contribution in [-0.2, 0) is 6.42 Å². The minimum Gasteiger partial charge on any atom is -0.384 e. The van der Waals surface area contributed by atoms with Crippen LogP contribution >= 0.6 is 0 Å². The molecule has 0 fully saturated rings. The minimum absolute atomic E-state index is 0.670. The van der Waals surface area contributed by atoms with E-state index in [4.69, 9.17) is 0 Å². The molecule has 14 heavy (non-hydrogen) atoms. The van der Waals surface area contributed by atoms with Crippen molar-refractivity contribution in [2.45, 2.75) is 19.3 Å². The summed E-state index contributed by atoms with van der Waals surface area (Å²) in [5.74, 6) is 0.670. The van der Waals surface area contributed by atoms with Gasteiger partial charge in [-0.15, -0.1) is 0 Å². The molecule has 0 amide bonds. The van der Waals surface area contributed by atoms with Crippen molar-refractivity contribution in [1.82, 2.24) is 5.32 Å². The van der Waals surface area contributed by atoms with Crippen molar-refractivity contribution in [1.29, 1.82) is 0 Å². The lowest BCUT2D eigenvalue weighted by atomic mass is 10.0. The lowest BCUT2D eigenvalue weighted by Crippen LogP contribution is -2.10. The third-order valence-corrected chi connectivity index (χ3v) is 2.91. The van der Waals surface area contributed by atoms with Crippen LogP contribution in [-0.4, -0.2) is 20.1 Å². The van der Waals surface area contributed by atoms with Gasteiger partial charge in [0.1, 0.15) is 0 Å². The van der Waals surface area contributed by atoms with Crippen LogP contribution in [0.3, 0.4) is 0 Å². The van der Waals surface area contributed by atoms with Gasteiger partial charge in [-0.05, 0) is 37.2 Å². The van der Waals surface area contributed by atoms with E-state index in [-0.39, 0.29) is 0 Å². The molecule has 1 unspecified atom stereocenters. The van der Waals surface area contributed by atoms with Crippen LogP contribution in [0, 0.1) is 0 Å². The highest BCUT2D eigenvalue weighted by molar-refractivity contribution is 5.59. The Morgan fingerprint density at radius 3 is 3.14 bits per heavy atom. The summed E-state index contributed by atoms with van der Waals surface area (Å²) in [5, 5.41) is 6.62. The van der Waals surface area contributed by atoms with Gasteiger partial charge in [-0.1, -0.05) is 19.1 Å². The lowest BCUT2D eigenvalue weighted by molar-refractivity contribution is 0.791. The molecule has 2 rings (SSSR count). The van der Waals surface area contributed by atoms with Gasteiger partial charge in [0.2, 0.25) is 0 Å². The first kappa shape index (κ1) is 9.53. The van der Waals surface area contributed by atoms with E-state index in [2.05, 4.69) is 35.8 Å². The third-order valence-electron chi connectivity index (χ3n) is 2.91. The summed E-state index contributed by atoms with van der Waals surface area (Å²) in [6, 6.07) is 6.81. The highest BCUT2D eigenvalue weighted by Crippen LogP contribution is 2.31. The summed E-state index contributed by atoms with van der Waals surface area (Å²) in [6.45, 7) is 4.41. The van der Waals surface area contributed by atoms with E-state index >= 15 is 0 Å². The first-order chi connectivity index (χ1) is 6.81. The second-order valence-corrected chi connectivity index (χ2v) is 4.06. The second-order valence-electron chi connectivity index (χ2n) is 4.06. The molecule has 0 saturated heterocycles. The van der Waals surface area contributed by atoms with Crippen molar-refractivity contribution < 1.29 is 0 Å². The Labute approximate surface area is 85.7 Å². The number of hydrogen-bond acceptors (Lipinski definition) is 2. The molecular weight excluding hydrogens is 172 g/mol. The summed E-state index contributed by atoms with van der Waals surface area (Å²) in [7, 11) is 1.99. The molecule has 0 radical (unpaired) electrons. The summed E-state index contributed by atoms with van der Waals surface area (Å²) >= 11 is 0. The predicted molar refractivity (Wildman–Crippen MR) is 61.0 cm³/mol. The van der Waals surface area contributed by atoms with Crippen molar-refractivity contribution in [2.75, 3.05) is 25.5 Å². The van der Waals surface area contributed by atoms with Gasteiger partial charge in [0, 0.05) is 18.2 Å². The molecule has 0 spiro atoms. The van der Waals surface area contributed by atoms with E-state index in [1.54, 1.807) is 0 Å². The molecule has 1 aromatic rings. The smallest absolute Gasteiger partial charge is 0.0379 e. The molecular formula is C12H18N2.